The van der Waals surface area contributed by atoms with Crippen LogP contribution in [0.4, 0.5) is 4.39 Å². The van der Waals surface area contributed by atoms with Crippen molar-refractivity contribution in [1.82, 2.24) is 4.90 Å². The summed E-state index contributed by atoms with van der Waals surface area (Å²) in [4.78, 5) is 2.36. The predicted molar refractivity (Wildman–Crippen MR) is 110 cm³/mol. The first-order valence-corrected chi connectivity index (χ1v) is 11.3. The van der Waals surface area contributed by atoms with Gasteiger partial charge in [-0.15, -0.1) is 0 Å². The van der Waals surface area contributed by atoms with Crippen molar-refractivity contribution in [3.8, 4) is 0 Å². The van der Waals surface area contributed by atoms with Crippen molar-refractivity contribution in [3.63, 3.8) is 0 Å². The fourth-order valence-electron chi connectivity index (χ4n) is 4.63. The lowest BCUT2D eigenvalue weighted by Crippen LogP contribution is -2.47. The Bertz CT molecular complexity index is 915. The molecule has 0 spiro atoms. The second-order valence-electron chi connectivity index (χ2n) is 7.99. The van der Waals surface area contributed by atoms with Gasteiger partial charge in [0.1, 0.15) is 5.82 Å². The first kappa shape index (κ1) is 21.9. The van der Waals surface area contributed by atoms with Crippen molar-refractivity contribution in [2.24, 2.45) is 5.92 Å². The third kappa shape index (κ3) is 5.04. The summed E-state index contributed by atoms with van der Waals surface area (Å²) in [5.74, 6) is 0.485. The lowest BCUT2D eigenvalue weighted by molar-refractivity contribution is 0.0592. The molecular formula is C22H28FNO4S. The SMILES string of the molecule is CN1[C@H]2CC[C@@H]1[C@H](CO)[C@@H](c1ccc(F)cc1)C2.Cc1ccc(S(=O)(=O)O)cc1. The van der Waals surface area contributed by atoms with Gasteiger partial charge in [-0.1, -0.05) is 29.8 Å². The first-order valence-electron chi connectivity index (χ1n) is 9.83. The molecule has 2 aliphatic heterocycles. The molecular weight excluding hydrogens is 393 g/mol. The molecule has 4 atom stereocenters. The molecule has 2 aliphatic rings. The highest BCUT2D eigenvalue weighted by Gasteiger charge is 2.45. The second kappa shape index (κ2) is 8.92. The number of hydrogen-bond acceptors (Lipinski definition) is 4. The molecule has 2 saturated heterocycles. The van der Waals surface area contributed by atoms with Crippen LogP contribution in [0.5, 0.6) is 0 Å². The van der Waals surface area contributed by atoms with Crippen molar-refractivity contribution in [2.45, 2.75) is 49.1 Å². The average molecular weight is 422 g/mol. The number of aliphatic hydroxyl groups excluding tert-OH is 1. The highest BCUT2D eigenvalue weighted by Crippen LogP contribution is 2.45. The van der Waals surface area contributed by atoms with Crippen molar-refractivity contribution in [2.75, 3.05) is 13.7 Å². The molecule has 2 aromatic carbocycles. The molecule has 0 unspecified atom stereocenters. The Kier molecular flexibility index (Phi) is 6.73. The predicted octanol–water partition coefficient (Wildman–Crippen LogP) is 3.63. The maximum Gasteiger partial charge on any atom is 0.294 e. The van der Waals surface area contributed by atoms with Crippen LogP contribution in [0.15, 0.2) is 53.4 Å². The Morgan fingerprint density at radius 3 is 2.24 bits per heavy atom. The molecule has 0 aliphatic carbocycles. The average Bonchev–Trinajstić information content (AvgIpc) is 2.92. The Labute approximate surface area is 171 Å². The van der Waals surface area contributed by atoms with E-state index in [0.717, 1.165) is 12.0 Å². The summed E-state index contributed by atoms with van der Waals surface area (Å²) in [6, 6.07) is 13.9. The minimum absolute atomic E-state index is 0.0666. The van der Waals surface area contributed by atoms with Gasteiger partial charge in [0.15, 0.2) is 0 Å². The molecule has 2 heterocycles. The van der Waals surface area contributed by atoms with Gasteiger partial charge in [0.2, 0.25) is 0 Å². The summed E-state index contributed by atoms with van der Waals surface area (Å²) in [6.07, 6.45) is 3.50. The van der Waals surface area contributed by atoms with Gasteiger partial charge >= 0.3 is 0 Å². The van der Waals surface area contributed by atoms with Gasteiger partial charge in [-0.3, -0.25) is 4.55 Å². The summed E-state index contributed by atoms with van der Waals surface area (Å²) in [6.45, 7) is 2.07. The topological polar surface area (TPSA) is 77.8 Å². The molecule has 2 N–H and O–H groups in total. The number of rotatable bonds is 3. The van der Waals surface area contributed by atoms with E-state index in [1.165, 1.54) is 42.7 Å². The van der Waals surface area contributed by atoms with Gasteiger partial charge in [0.05, 0.1) is 4.90 Å². The van der Waals surface area contributed by atoms with Gasteiger partial charge < -0.3 is 10.0 Å². The van der Waals surface area contributed by atoms with Crippen LogP contribution in [-0.4, -0.2) is 48.7 Å². The fraction of sp³-hybridized carbons (Fsp3) is 0.455. The fourth-order valence-corrected chi connectivity index (χ4v) is 5.11. The van der Waals surface area contributed by atoms with Crippen LogP contribution < -0.4 is 0 Å². The number of aliphatic hydroxyl groups is 1. The maximum absolute atomic E-state index is 13.0. The van der Waals surface area contributed by atoms with Crippen LogP contribution in [-0.2, 0) is 10.1 Å². The zero-order valence-electron chi connectivity index (χ0n) is 16.7. The largest absolute Gasteiger partial charge is 0.396 e. The summed E-state index contributed by atoms with van der Waals surface area (Å²) in [5, 5.41) is 9.71. The van der Waals surface area contributed by atoms with E-state index < -0.39 is 10.1 Å². The third-order valence-corrected chi connectivity index (χ3v) is 7.13. The van der Waals surface area contributed by atoms with Gasteiger partial charge in [-0.25, -0.2) is 4.39 Å². The van der Waals surface area contributed by atoms with E-state index >= 15 is 0 Å². The zero-order chi connectivity index (χ0) is 21.2. The van der Waals surface area contributed by atoms with E-state index in [0.29, 0.717) is 23.9 Å². The van der Waals surface area contributed by atoms with E-state index in [4.69, 9.17) is 4.55 Å². The lowest BCUT2D eigenvalue weighted by atomic mass is 9.76. The summed E-state index contributed by atoms with van der Waals surface area (Å²) >= 11 is 0. The number of benzene rings is 2. The molecule has 0 saturated carbocycles. The van der Waals surface area contributed by atoms with E-state index in [2.05, 4.69) is 11.9 Å². The standard InChI is InChI=1S/C15H20FNO.C7H8O3S/c1-17-12-6-7-15(17)14(9-18)13(8-12)10-2-4-11(16)5-3-10;1-6-2-4-7(5-3-6)11(8,9)10/h2-5,12-15,18H,6-9H2,1H3;2-5H,1H3,(H,8,9,10)/t12-,13+,14+,15+;/m0./s1. The van der Waals surface area contributed by atoms with Crippen molar-refractivity contribution >= 4 is 10.1 Å². The van der Waals surface area contributed by atoms with Gasteiger partial charge in [0, 0.05) is 24.6 Å². The third-order valence-electron chi connectivity index (χ3n) is 6.26. The van der Waals surface area contributed by atoms with E-state index in [1.807, 2.05) is 19.1 Å². The number of piperidine rings is 1. The van der Waals surface area contributed by atoms with Gasteiger partial charge in [0.25, 0.3) is 10.1 Å². The molecule has 4 rings (SSSR count). The number of fused-ring (bicyclic) bond motifs is 2. The smallest absolute Gasteiger partial charge is 0.294 e. The minimum Gasteiger partial charge on any atom is -0.396 e. The first-order chi connectivity index (χ1) is 13.7. The second-order valence-corrected chi connectivity index (χ2v) is 9.41. The van der Waals surface area contributed by atoms with Crippen molar-refractivity contribution in [3.05, 3.63) is 65.5 Å². The molecule has 29 heavy (non-hydrogen) atoms. The van der Waals surface area contributed by atoms with Crippen molar-refractivity contribution in [1.29, 1.82) is 0 Å². The Hall–Kier alpha value is -1.80. The lowest BCUT2D eigenvalue weighted by Gasteiger charge is -2.42. The summed E-state index contributed by atoms with van der Waals surface area (Å²) in [5.41, 5.74) is 2.14. The molecule has 0 amide bonds. The van der Waals surface area contributed by atoms with Crippen LogP contribution in [0.2, 0.25) is 0 Å². The number of aryl methyl sites for hydroxylation is 1. The Morgan fingerprint density at radius 2 is 1.69 bits per heavy atom. The summed E-state index contributed by atoms with van der Waals surface area (Å²) in [7, 11) is -1.85. The molecule has 158 valence electrons. The van der Waals surface area contributed by atoms with Crippen molar-refractivity contribution < 1.29 is 22.5 Å². The Morgan fingerprint density at radius 1 is 1.07 bits per heavy atom. The Balaban J connectivity index is 0.000000188. The van der Waals surface area contributed by atoms with Crippen LogP contribution in [0.25, 0.3) is 0 Å². The monoisotopic (exact) mass is 421 g/mol. The van der Waals surface area contributed by atoms with E-state index in [-0.39, 0.29) is 17.3 Å². The highest BCUT2D eigenvalue weighted by molar-refractivity contribution is 7.85. The van der Waals surface area contributed by atoms with Crippen LogP contribution in [0.3, 0.4) is 0 Å². The molecule has 7 heteroatoms. The molecule has 5 nitrogen and oxygen atoms in total. The van der Waals surface area contributed by atoms with E-state index in [1.54, 1.807) is 12.1 Å². The molecule has 0 aromatic heterocycles. The zero-order valence-corrected chi connectivity index (χ0v) is 17.5. The maximum atomic E-state index is 13.0. The van der Waals surface area contributed by atoms with Crippen LogP contribution >= 0.6 is 0 Å². The molecule has 2 bridgehead atoms. The normalized spacial score (nSPS) is 26.7. The minimum atomic E-state index is -4.02. The van der Waals surface area contributed by atoms with Gasteiger partial charge in [-0.2, -0.15) is 8.42 Å². The van der Waals surface area contributed by atoms with Crippen LogP contribution in [0.1, 0.15) is 36.3 Å². The summed E-state index contributed by atoms with van der Waals surface area (Å²) < 4.78 is 42.6. The van der Waals surface area contributed by atoms with Gasteiger partial charge in [-0.05, 0) is 69.0 Å². The van der Waals surface area contributed by atoms with Crippen LogP contribution in [0, 0.1) is 18.7 Å². The van der Waals surface area contributed by atoms with E-state index in [9.17, 15) is 17.9 Å². The number of halogens is 1. The molecule has 0 radical (unpaired) electrons. The molecule has 2 fully saturated rings. The quantitative estimate of drug-likeness (QED) is 0.740. The molecule has 2 aromatic rings. The number of nitrogens with zero attached hydrogens (tertiary/aromatic N) is 1. The highest BCUT2D eigenvalue weighted by atomic mass is 32.2. The number of hydrogen-bond donors (Lipinski definition) is 2.